The van der Waals surface area contributed by atoms with Gasteiger partial charge < -0.3 is 0 Å². The van der Waals surface area contributed by atoms with Crippen LogP contribution in [0, 0.1) is 6.92 Å². The van der Waals surface area contributed by atoms with Crippen LogP contribution >= 0.6 is 0 Å². The standard InChI is InChI=1S/C20H25NO/c1-3-4-5-6-7-10-17-12-14-18(15-13-17)20(22)19-11-8-9-16(2)21-19/h8-9,11-15H,3-7,10H2,1-2H3. The fourth-order valence-electron chi connectivity index (χ4n) is 2.57. The highest BCUT2D eigenvalue weighted by Crippen LogP contribution is 2.13. The van der Waals surface area contributed by atoms with E-state index in [9.17, 15) is 4.79 Å². The molecule has 1 aromatic heterocycles. The van der Waals surface area contributed by atoms with Crippen molar-refractivity contribution in [2.75, 3.05) is 0 Å². The zero-order valence-electron chi connectivity index (χ0n) is 13.6. The summed E-state index contributed by atoms with van der Waals surface area (Å²) in [4.78, 5) is 16.7. The maximum Gasteiger partial charge on any atom is 0.211 e. The van der Waals surface area contributed by atoms with Crippen molar-refractivity contribution < 1.29 is 4.79 Å². The normalized spacial score (nSPS) is 10.6. The van der Waals surface area contributed by atoms with E-state index in [1.165, 1.54) is 37.7 Å². The SMILES string of the molecule is CCCCCCCc1ccc(C(=O)c2cccc(C)n2)cc1. The van der Waals surface area contributed by atoms with Crippen LogP contribution in [-0.2, 0) is 6.42 Å². The number of unbranched alkanes of at least 4 members (excludes halogenated alkanes) is 4. The van der Waals surface area contributed by atoms with E-state index in [1.54, 1.807) is 6.07 Å². The summed E-state index contributed by atoms with van der Waals surface area (Å²) in [6.07, 6.45) is 7.56. The lowest BCUT2D eigenvalue weighted by atomic mass is 10.0. The molecular formula is C20H25NO. The van der Waals surface area contributed by atoms with Crippen molar-refractivity contribution in [3.05, 3.63) is 65.0 Å². The van der Waals surface area contributed by atoms with E-state index in [4.69, 9.17) is 0 Å². The lowest BCUT2D eigenvalue weighted by molar-refractivity contribution is 0.103. The van der Waals surface area contributed by atoms with E-state index in [0.29, 0.717) is 11.3 Å². The van der Waals surface area contributed by atoms with Gasteiger partial charge in [0.2, 0.25) is 5.78 Å². The van der Waals surface area contributed by atoms with Crippen LogP contribution in [0.1, 0.15) is 66.3 Å². The minimum atomic E-state index is -0.00167. The average molecular weight is 295 g/mol. The highest BCUT2D eigenvalue weighted by molar-refractivity contribution is 6.07. The Labute approximate surface area is 133 Å². The van der Waals surface area contributed by atoms with Gasteiger partial charge in [-0.2, -0.15) is 0 Å². The largest absolute Gasteiger partial charge is 0.287 e. The van der Waals surface area contributed by atoms with Gasteiger partial charge in [-0.3, -0.25) is 4.79 Å². The Hall–Kier alpha value is -1.96. The molecule has 0 amide bonds. The lowest BCUT2D eigenvalue weighted by Gasteiger charge is -2.04. The number of benzene rings is 1. The van der Waals surface area contributed by atoms with Crippen molar-refractivity contribution in [2.45, 2.75) is 52.4 Å². The third-order valence-corrected chi connectivity index (χ3v) is 3.91. The first-order chi connectivity index (χ1) is 10.7. The van der Waals surface area contributed by atoms with Crippen molar-refractivity contribution in [3.8, 4) is 0 Å². The number of ketones is 1. The van der Waals surface area contributed by atoms with Crippen LogP contribution in [0.3, 0.4) is 0 Å². The maximum atomic E-state index is 12.4. The molecule has 0 aliphatic rings. The summed E-state index contributed by atoms with van der Waals surface area (Å²) in [5.41, 5.74) is 3.42. The topological polar surface area (TPSA) is 30.0 Å². The second kappa shape index (κ2) is 8.47. The third kappa shape index (κ3) is 4.80. The molecule has 2 rings (SSSR count). The van der Waals surface area contributed by atoms with Crippen LogP contribution in [-0.4, -0.2) is 10.8 Å². The molecule has 22 heavy (non-hydrogen) atoms. The van der Waals surface area contributed by atoms with Crippen molar-refractivity contribution >= 4 is 5.78 Å². The maximum absolute atomic E-state index is 12.4. The Balaban J connectivity index is 1.92. The molecule has 0 saturated heterocycles. The number of rotatable bonds is 8. The van der Waals surface area contributed by atoms with E-state index in [2.05, 4.69) is 24.0 Å². The number of aromatic nitrogens is 1. The smallest absolute Gasteiger partial charge is 0.211 e. The molecular weight excluding hydrogens is 270 g/mol. The van der Waals surface area contributed by atoms with Gasteiger partial charge in [0.15, 0.2) is 0 Å². The van der Waals surface area contributed by atoms with Gasteiger partial charge in [-0.15, -0.1) is 0 Å². The lowest BCUT2D eigenvalue weighted by Crippen LogP contribution is -2.04. The van der Waals surface area contributed by atoms with Crippen molar-refractivity contribution in [1.82, 2.24) is 4.98 Å². The predicted octanol–water partition coefficient (Wildman–Crippen LogP) is 5.13. The van der Waals surface area contributed by atoms with E-state index in [1.807, 2.05) is 31.2 Å². The number of pyridine rings is 1. The second-order valence-electron chi connectivity index (χ2n) is 5.85. The van der Waals surface area contributed by atoms with E-state index < -0.39 is 0 Å². The molecule has 0 N–H and O–H groups in total. The van der Waals surface area contributed by atoms with Crippen LogP contribution in [0.5, 0.6) is 0 Å². The van der Waals surface area contributed by atoms with E-state index in [-0.39, 0.29) is 5.78 Å². The highest BCUT2D eigenvalue weighted by Gasteiger charge is 2.10. The molecule has 0 atom stereocenters. The van der Waals surface area contributed by atoms with Gasteiger partial charge >= 0.3 is 0 Å². The second-order valence-corrected chi connectivity index (χ2v) is 5.85. The van der Waals surface area contributed by atoms with Crippen LogP contribution in [0.25, 0.3) is 0 Å². The third-order valence-electron chi connectivity index (χ3n) is 3.91. The first-order valence-corrected chi connectivity index (χ1v) is 8.28. The fourth-order valence-corrected chi connectivity index (χ4v) is 2.57. The van der Waals surface area contributed by atoms with Crippen molar-refractivity contribution in [2.24, 2.45) is 0 Å². The van der Waals surface area contributed by atoms with Gasteiger partial charge in [-0.1, -0.05) is 62.9 Å². The van der Waals surface area contributed by atoms with E-state index >= 15 is 0 Å². The Bertz CT molecular complexity index is 601. The Morgan fingerprint density at radius 3 is 2.36 bits per heavy atom. The molecule has 2 aromatic rings. The molecule has 0 fully saturated rings. The number of hydrogen-bond acceptors (Lipinski definition) is 2. The van der Waals surface area contributed by atoms with Crippen LogP contribution < -0.4 is 0 Å². The summed E-state index contributed by atoms with van der Waals surface area (Å²) < 4.78 is 0. The van der Waals surface area contributed by atoms with Crippen LogP contribution in [0.2, 0.25) is 0 Å². The minimum absolute atomic E-state index is 0.00167. The molecule has 1 heterocycles. The highest BCUT2D eigenvalue weighted by atomic mass is 16.1. The molecule has 116 valence electrons. The molecule has 0 aliphatic heterocycles. The zero-order valence-corrected chi connectivity index (χ0v) is 13.6. The first kappa shape index (κ1) is 16.4. The fraction of sp³-hybridized carbons (Fsp3) is 0.400. The van der Waals surface area contributed by atoms with Gasteiger partial charge in [0.05, 0.1) is 0 Å². The minimum Gasteiger partial charge on any atom is -0.287 e. The molecule has 2 heteroatoms. The summed E-state index contributed by atoms with van der Waals surface area (Å²) >= 11 is 0. The quantitative estimate of drug-likeness (QED) is 0.499. The molecule has 0 unspecified atom stereocenters. The summed E-state index contributed by atoms with van der Waals surface area (Å²) in [6.45, 7) is 4.14. The Morgan fingerprint density at radius 1 is 0.955 bits per heavy atom. The molecule has 0 aliphatic carbocycles. The summed E-state index contributed by atoms with van der Waals surface area (Å²) in [5.74, 6) is -0.00167. The van der Waals surface area contributed by atoms with Crippen LogP contribution in [0.4, 0.5) is 0 Å². The molecule has 0 radical (unpaired) electrons. The van der Waals surface area contributed by atoms with Crippen molar-refractivity contribution in [1.29, 1.82) is 0 Å². The van der Waals surface area contributed by atoms with Gasteiger partial charge in [-0.25, -0.2) is 4.98 Å². The Morgan fingerprint density at radius 2 is 1.68 bits per heavy atom. The van der Waals surface area contributed by atoms with Gasteiger partial charge in [0.1, 0.15) is 5.69 Å². The summed E-state index contributed by atoms with van der Waals surface area (Å²) in [6, 6.07) is 13.5. The number of nitrogens with zero attached hydrogens (tertiary/aromatic N) is 1. The number of carbonyl (C=O) groups is 1. The van der Waals surface area contributed by atoms with E-state index in [0.717, 1.165) is 12.1 Å². The monoisotopic (exact) mass is 295 g/mol. The first-order valence-electron chi connectivity index (χ1n) is 8.28. The molecule has 0 spiro atoms. The van der Waals surface area contributed by atoms with Gasteiger partial charge in [0, 0.05) is 11.3 Å². The van der Waals surface area contributed by atoms with Crippen molar-refractivity contribution in [3.63, 3.8) is 0 Å². The predicted molar refractivity (Wildman–Crippen MR) is 91.3 cm³/mol. The number of aryl methyl sites for hydroxylation is 2. The van der Waals surface area contributed by atoms with Gasteiger partial charge in [0.25, 0.3) is 0 Å². The molecule has 0 saturated carbocycles. The molecule has 1 aromatic carbocycles. The number of carbonyl (C=O) groups excluding carboxylic acids is 1. The summed E-state index contributed by atoms with van der Waals surface area (Å²) in [7, 11) is 0. The average Bonchev–Trinajstić information content (AvgIpc) is 2.54. The molecule has 2 nitrogen and oxygen atoms in total. The zero-order chi connectivity index (χ0) is 15.8. The number of hydrogen-bond donors (Lipinski definition) is 0. The van der Waals surface area contributed by atoms with Crippen LogP contribution in [0.15, 0.2) is 42.5 Å². The summed E-state index contributed by atoms with van der Waals surface area (Å²) in [5, 5.41) is 0. The van der Waals surface area contributed by atoms with Gasteiger partial charge in [-0.05, 0) is 37.5 Å². The molecule has 0 bridgehead atoms. The Kier molecular flexibility index (Phi) is 6.32.